The topological polar surface area (TPSA) is 20.3 Å². The summed E-state index contributed by atoms with van der Waals surface area (Å²) in [6, 6.07) is 2.55. The fraction of sp³-hybridized carbons (Fsp3) is 0.688. The maximum absolute atomic E-state index is 12.8. The van der Waals surface area contributed by atoms with Gasteiger partial charge in [0.15, 0.2) is 0 Å². The number of carbonyl (C=O) groups excluding carboxylic acids is 1. The second kappa shape index (κ2) is 6.18. The number of halogens is 1. The van der Waals surface area contributed by atoms with Crippen LogP contribution in [0.25, 0.3) is 0 Å². The van der Waals surface area contributed by atoms with Gasteiger partial charge < -0.3 is 4.90 Å². The summed E-state index contributed by atoms with van der Waals surface area (Å²) in [5.74, 6) is 0.995. The zero-order valence-electron chi connectivity index (χ0n) is 12.0. The van der Waals surface area contributed by atoms with E-state index in [2.05, 4.69) is 27.8 Å². The van der Waals surface area contributed by atoms with E-state index in [1.807, 2.05) is 6.07 Å². The fourth-order valence-corrected chi connectivity index (χ4v) is 4.63. The molecule has 2 fully saturated rings. The molecule has 0 unspecified atom stereocenters. The Bertz CT molecular complexity index is 469. The van der Waals surface area contributed by atoms with Gasteiger partial charge in [-0.05, 0) is 66.1 Å². The van der Waals surface area contributed by atoms with Crippen molar-refractivity contribution in [1.82, 2.24) is 4.90 Å². The zero-order chi connectivity index (χ0) is 14.1. The molecule has 0 atom stereocenters. The molecule has 0 aromatic carbocycles. The largest absolute Gasteiger partial charge is 0.335 e. The molecule has 3 rings (SSSR count). The van der Waals surface area contributed by atoms with Crippen LogP contribution in [0.3, 0.4) is 0 Å². The van der Waals surface area contributed by atoms with Gasteiger partial charge in [0.05, 0.1) is 8.66 Å². The van der Waals surface area contributed by atoms with Gasteiger partial charge in [0.2, 0.25) is 0 Å². The highest BCUT2D eigenvalue weighted by Gasteiger charge is 2.35. The third-order valence-corrected chi connectivity index (χ3v) is 6.62. The lowest BCUT2D eigenvalue weighted by atomic mass is 9.89. The molecule has 2 aliphatic rings. The van der Waals surface area contributed by atoms with Gasteiger partial charge in [-0.2, -0.15) is 0 Å². The first-order valence-corrected chi connectivity index (χ1v) is 9.33. The predicted octanol–water partition coefficient (Wildman–Crippen LogP) is 5.00. The third-order valence-electron chi connectivity index (χ3n) is 4.50. The van der Waals surface area contributed by atoms with Gasteiger partial charge in [-0.25, -0.2) is 0 Å². The maximum Gasteiger partial charge on any atom is 0.264 e. The molecular formula is C16H22BrNOS. The van der Waals surface area contributed by atoms with Crippen molar-refractivity contribution in [1.29, 1.82) is 0 Å². The van der Waals surface area contributed by atoms with Crippen LogP contribution in [-0.4, -0.2) is 23.4 Å². The Balaban J connectivity index is 1.71. The lowest BCUT2D eigenvalue weighted by molar-refractivity contribution is 0.0704. The smallest absolute Gasteiger partial charge is 0.264 e. The van der Waals surface area contributed by atoms with Crippen LogP contribution in [0, 0.1) is 12.8 Å². The summed E-state index contributed by atoms with van der Waals surface area (Å²) in [5, 5.41) is 0. The van der Waals surface area contributed by atoms with E-state index in [9.17, 15) is 4.79 Å². The monoisotopic (exact) mass is 355 g/mol. The van der Waals surface area contributed by atoms with Gasteiger partial charge in [-0.1, -0.05) is 19.3 Å². The summed E-state index contributed by atoms with van der Waals surface area (Å²) in [6.07, 6.45) is 9.09. The van der Waals surface area contributed by atoms with Crippen LogP contribution < -0.4 is 0 Å². The molecule has 4 heteroatoms. The molecule has 0 radical (unpaired) electrons. The maximum atomic E-state index is 12.8. The highest BCUT2D eigenvalue weighted by atomic mass is 79.9. The van der Waals surface area contributed by atoms with Crippen molar-refractivity contribution in [2.24, 2.45) is 5.92 Å². The van der Waals surface area contributed by atoms with Crippen LogP contribution in [0.2, 0.25) is 0 Å². The summed E-state index contributed by atoms with van der Waals surface area (Å²) < 4.78 is 1.09. The molecule has 2 aliphatic carbocycles. The van der Waals surface area contributed by atoms with E-state index in [1.165, 1.54) is 50.5 Å². The highest BCUT2D eigenvalue weighted by Crippen LogP contribution is 2.35. The van der Waals surface area contributed by atoms with Crippen LogP contribution >= 0.6 is 27.3 Å². The van der Waals surface area contributed by atoms with Crippen molar-refractivity contribution < 1.29 is 4.79 Å². The molecular weight excluding hydrogens is 334 g/mol. The van der Waals surface area contributed by atoms with Gasteiger partial charge in [0, 0.05) is 12.6 Å². The van der Waals surface area contributed by atoms with Crippen molar-refractivity contribution in [3.05, 3.63) is 20.3 Å². The Morgan fingerprint density at radius 2 is 2.00 bits per heavy atom. The van der Waals surface area contributed by atoms with E-state index in [0.29, 0.717) is 6.04 Å². The lowest BCUT2D eigenvalue weighted by Gasteiger charge is -2.29. The summed E-state index contributed by atoms with van der Waals surface area (Å²) >= 11 is 5.12. The molecule has 0 spiro atoms. The molecule has 0 saturated heterocycles. The number of nitrogens with zero attached hydrogens (tertiary/aromatic N) is 1. The first kappa shape index (κ1) is 14.6. The molecule has 1 amide bonds. The van der Waals surface area contributed by atoms with Crippen LogP contribution in [0.4, 0.5) is 0 Å². The van der Waals surface area contributed by atoms with Crippen molar-refractivity contribution >= 4 is 33.2 Å². The quantitative estimate of drug-likeness (QED) is 0.743. The van der Waals surface area contributed by atoms with Crippen LogP contribution in [0.1, 0.15) is 60.2 Å². The summed E-state index contributed by atoms with van der Waals surface area (Å²) in [4.78, 5) is 15.9. The van der Waals surface area contributed by atoms with Crippen molar-refractivity contribution in [2.75, 3.05) is 6.54 Å². The molecule has 2 nitrogen and oxygen atoms in total. The van der Waals surface area contributed by atoms with Gasteiger partial charge >= 0.3 is 0 Å². The summed E-state index contributed by atoms with van der Waals surface area (Å²) in [7, 11) is 0. The van der Waals surface area contributed by atoms with Crippen LogP contribution in [0.5, 0.6) is 0 Å². The summed E-state index contributed by atoms with van der Waals surface area (Å²) in [5.41, 5.74) is 1.17. The fourth-order valence-electron chi connectivity index (χ4n) is 3.14. The van der Waals surface area contributed by atoms with Crippen LogP contribution in [0.15, 0.2) is 9.85 Å². The third kappa shape index (κ3) is 3.28. The van der Waals surface area contributed by atoms with Crippen molar-refractivity contribution in [2.45, 2.75) is 57.9 Å². The molecule has 1 aromatic rings. The Kier molecular flexibility index (Phi) is 4.51. The number of hydrogen-bond donors (Lipinski definition) is 0. The average Bonchev–Trinajstić information content (AvgIpc) is 3.23. The van der Waals surface area contributed by atoms with E-state index in [0.717, 1.165) is 21.1 Å². The Morgan fingerprint density at radius 3 is 2.55 bits per heavy atom. The van der Waals surface area contributed by atoms with E-state index >= 15 is 0 Å². The average molecular weight is 356 g/mol. The van der Waals surface area contributed by atoms with Crippen molar-refractivity contribution in [3.8, 4) is 0 Å². The molecule has 0 N–H and O–H groups in total. The number of aryl methyl sites for hydroxylation is 1. The Hall–Kier alpha value is -0.350. The van der Waals surface area contributed by atoms with Crippen LogP contribution in [-0.2, 0) is 0 Å². The predicted molar refractivity (Wildman–Crippen MR) is 87.4 cm³/mol. The van der Waals surface area contributed by atoms with Gasteiger partial charge in [0.1, 0.15) is 0 Å². The van der Waals surface area contributed by atoms with E-state index in [1.54, 1.807) is 11.3 Å². The second-order valence-electron chi connectivity index (χ2n) is 6.26. The standard InChI is InChI=1S/C16H22BrNOS/c1-11-9-14(20-15(11)17)16(19)18(13-7-8-13)10-12-5-3-2-4-6-12/h9,12-13H,2-8,10H2,1H3. The number of thiophene rings is 1. The zero-order valence-corrected chi connectivity index (χ0v) is 14.4. The molecule has 110 valence electrons. The Labute approximate surface area is 133 Å². The normalized spacial score (nSPS) is 20.1. The van der Waals surface area contributed by atoms with Gasteiger partial charge in [0.25, 0.3) is 5.91 Å². The first-order valence-electron chi connectivity index (χ1n) is 7.72. The minimum absolute atomic E-state index is 0.261. The molecule has 0 bridgehead atoms. The number of amides is 1. The highest BCUT2D eigenvalue weighted by molar-refractivity contribution is 9.11. The minimum Gasteiger partial charge on any atom is -0.335 e. The minimum atomic E-state index is 0.261. The lowest BCUT2D eigenvalue weighted by Crippen LogP contribution is -2.37. The SMILES string of the molecule is Cc1cc(C(=O)N(CC2CCCCC2)C2CC2)sc1Br. The Morgan fingerprint density at radius 1 is 1.30 bits per heavy atom. The van der Waals surface area contributed by atoms with Gasteiger partial charge in [-0.3, -0.25) is 4.79 Å². The second-order valence-corrected chi connectivity index (χ2v) is 8.63. The molecule has 1 aromatic heterocycles. The van der Waals surface area contributed by atoms with Crippen molar-refractivity contribution in [3.63, 3.8) is 0 Å². The summed E-state index contributed by atoms with van der Waals surface area (Å²) in [6.45, 7) is 3.04. The molecule has 2 saturated carbocycles. The number of hydrogen-bond acceptors (Lipinski definition) is 2. The molecule has 1 heterocycles. The van der Waals surface area contributed by atoms with E-state index in [-0.39, 0.29) is 5.91 Å². The first-order chi connectivity index (χ1) is 9.65. The van der Waals surface area contributed by atoms with Gasteiger partial charge in [-0.15, -0.1) is 11.3 Å². The van der Waals surface area contributed by atoms with E-state index in [4.69, 9.17) is 0 Å². The number of rotatable bonds is 4. The molecule has 20 heavy (non-hydrogen) atoms. The molecule has 0 aliphatic heterocycles. The van der Waals surface area contributed by atoms with E-state index < -0.39 is 0 Å². The number of carbonyl (C=O) groups is 1.